The van der Waals surface area contributed by atoms with Gasteiger partial charge in [0.1, 0.15) is 19.0 Å². The van der Waals surface area contributed by atoms with Crippen LogP contribution in [0.3, 0.4) is 0 Å². The van der Waals surface area contributed by atoms with Gasteiger partial charge in [-0.25, -0.2) is 0 Å². The molecule has 7 heteroatoms. The van der Waals surface area contributed by atoms with Crippen molar-refractivity contribution >= 4 is 17.4 Å². The Balaban J connectivity index is 1.74. The summed E-state index contributed by atoms with van der Waals surface area (Å²) in [6, 6.07) is 12.4. The molecule has 1 saturated heterocycles. The molecule has 1 fully saturated rings. The van der Waals surface area contributed by atoms with E-state index in [-0.39, 0.29) is 11.3 Å². The molecule has 7 nitrogen and oxygen atoms in total. The summed E-state index contributed by atoms with van der Waals surface area (Å²) >= 11 is 0. The first-order valence-electron chi connectivity index (χ1n) is 12.9. The van der Waals surface area contributed by atoms with Crippen molar-refractivity contribution in [1.29, 1.82) is 0 Å². The molecule has 2 aliphatic heterocycles. The minimum absolute atomic E-state index is 0.108. The van der Waals surface area contributed by atoms with Crippen molar-refractivity contribution in [3.63, 3.8) is 0 Å². The Morgan fingerprint density at radius 3 is 2.33 bits per heavy atom. The number of carbonyl (C=O) groups excluding carboxylic acids is 2. The van der Waals surface area contributed by atoms with Crippen LogP contribution >= 0.6 is 0 Å². The molecule has 0 bridgehead atoms. The topological polar surface area (TPSA) is 79.3 Å². The Kier molecular flexibility index (Phi) is 7.99. The summed E-state index contributed by atoms with van der Waals surface area (Å²) in [4.78, 5) is 30.4. The van der Waals surface area contributed by atoms with Gasteiger partial charge in [-0.1, -0.05) is 52.0 Å². The number of benzene rings is 2. The van der Waals surface area contributed by atoms with Gasteiger partial charge in [-0.2, -0.15) is 0 Å². The van der Waals surface area contributed by atoms with Crippen molar-refractivity contribution in [3.8, 4) is 11.5 Å². The number of Topliss-reactive ketones (excluding diaryl/α,β-unsaturated/α-hetero) is 1. The van der Waals surface area contributed by atoms with E-state index in [1.807, 2.05) is 24.3 Å². The Bertz CT molecular complexity index is 1130. The average molecular weight is 493 g/mol. The summed E-state index contributed by atoms with van der Waals surface area (Å²) in [5.41, 5.74) is 2.51. The van der Waals surface area contributed by atoms with E-state index in [0.717, 1.165) is 31.6 Å². The third-order valence-corrected chi connectivity index (χ3v) is 7.04. The van der Waals surface area contributed by atoms with Crippen LogP contribution in [-0.2, 0) is 9.59 Å². The Labute approximate surface area is 213 Å². The normalized spacial score (nSPS) is 18.9. The number of ketones is 1. The van der Waals surface area contributed by atoms with Crippen LogP contribution < -0.4 is 9.47 Å². The number of fused-ring (bicyclic) bond motifs is 1. The maximum atomic E-state index is 13.3. The van der Waals surface area contributed by atoms with E-state index in [4.69, 9.17) is 9.47 Å². The summed E-state index contributed by atoms with van der Waals surface area (Å²) in [5.74, 6) is 0.0218. The van der Waals surface area contributed by atoms with Crippen molar-refractivity contribution in [3.05, 3.63) is 64.7 Å². The van der Waals surface area contributed by atoms with Crippen molar-refractivity contribution in [2.24, 2.45) is 0 Å². The number of aliphatic hydroxyl groups excluding tert-OH is 1. The molecule has 2 aliphatic rings. The van der Waals surface area contributed by atoms with Gasteiger partial charge in [0.2, 0.25) is 0 Å². The van der Waals surface area contributed by atoms with Gasteiger partial charge in [0.15, 0.2) is 11.5 Å². The summed E-state index contributed by atoms with van der Waals surface area (Å²) in [6.07, 6.45) is 0.735. The molecule has 2 heterocycles. The number of amides is 1. The third-order valence-electron chi connectivity index (χ3n) is 7.04. The predicted molar refractivity (Wildman–Crippen MR) is 139 cm³/mol. The van der Waals surface area contributed by atoms with Gasteiger partial charge in [0.05, 0.1) is 11.6 Å². The van der Waals surface area contributed by atoms with Crippen LogP contribution in [0.5, 0.6) is 11.5 Å². The molecule has 2 aromatic carbocycles. The van der Waals surface area contributed by atoms with Crippen LogP contribution in [-0.4, -0.2) is 66.0 Å². The molecule has 1 atom stereocenters. The third kappa shape index (κ3) is 5.12. The van der Waals surface area contributed by atoms with E-state index in [1.165, 1.54) is 5.56 Å². The van der Waals surface area contributed by atoms with E-state index in [1.54, 1.807) is 23.1 Å². The second kappa shape index (κ2) is 11.2. The lowest BCUT2D eigenvalue weighted by Crippen LogP contribution is -2.33. The molecule has 36 heavy (non-hydrogen) atoms. The molecule has 192 valence electrons. The Morgan fingerprint density at radius 1 is 1.03 bits per heavy atom. The quantitative estimate of drug-likeness (QED) is 0.310. The van der Waals surface area contributed by atoms with E-state index in [2.05, 4.69) is 32.6 Å². The number of carbonyl (C=O) groups is 2. The second-order valence-corrected chi connectivity index (χ2v) is 9.55. The first-order chi connectivity index (χ1) is 17.3. The van der Waals surface area contributed by atoms with Gasteiger partial charge >= 0.3 is 0 Å². The molecule has 1 unspecified atom stereocenters. The van der Waals surface area contributed by atoms with Crippen LogP contribution in [0, 0.1) is 0 Å². The first kappa shape index (κ1) is 25.8. The Hall–Kier alpha value is -3.32. The number of likely N-dealkylation sites (tertiary alicyclic amines) is 1. The fourth-order valence-corrected chi connectivity index (χ4v) is 4.87. The molecule has 0 saturated carbocycles. The lowest BCUT2D eigenvalue weighted by molar-refractivity contribution is -0.140. The van der Waals surface area contributed by atoms with E-state index in [0.29, 0.717) is 42.7 Å². The van der Waals surface area contributed by atoms with Crippen LogP contribution in [0.4, 0.5) is 0 Å². The SMILES string of the molecule is CCN(CC)CCCN1C(=O)C(=O)/C(=C(\O)c2ccc3c(c2)OCCO3)C1c1ccc(C(C)C)cc1. The van der Waals surface area contributed by atoms with Crippen molar-refractivity contribution in [2.75, 3.05) is 39.4 Å². The molecule has 4 rings (SSSR count). The lowest BCUT2D eigenvalue weighted by Gasteiger charge is -2.27. The lowest BCUT2D eigenvalue weighted by atomic mass is 9.93. The molecule has 1 N–H and O–H groups in total. The minimum atomic E-state index is -0.664. The van der Waals surface area contributed by atoms with Crippen LogP contribution in [0.25, 0.3) is 5.76 Å². The molecular weight excluding hydrogens is 456 g/mol. The van der Waals surface area contributed by atoms with Gasteiger partial charge in [-0.15, -0.1) is 0 Å². The average Bonchev–Trinajstić information content (AvgIpc) is 3.15. The monoisotopic (exact) mass is 492 g/mol. The van der Waals surface area contributed by atoms with Gasteiger partial charge in [0, 0.05) is 12.1 Å². The van der Waals surface area contributed by atoms with Crippen molar-refractivity contribution in [1.82, 2.24) is 9.80 Å². The van der Waals surface area contributed by atoms with Gasteiger partial charge in [-0.05, 0) is 61.3 Å². The number of hydrogen-bond acceptors (Lipinski definition) is 6. The highest BCUT2D eigenvalue weighted by Crippen LogP contribution is 2.41. The smallest absolute Gasteiger partial charge is 0.295 e. The largest absolute Gasteiger partial charge is 0.507 e. The number of rotatable bonds is 9. The number of nitrogens with zero attached hydrogens (tertiary/aromatic N) is 2. The fraction of sp³-hybridized carbons (Fsp3) is 0.448. The van der Waals surface area contributed by atoms with Crippen LogP contribution in [0.15, 0.2) is 48.0 Å². The number of hydrogen-bond donors (Lipinski definition) is 1. The number of aliphatic hydroxyl groups is 1. The predicted octanol–water partition coefficient (Wildman–Crippen LogP) is 4.73. The van der Waals surface area contributed by atoms with Crippen molar-refractivity contribution < 1.29 is 24.2 Å². The first-order valence-corrected chi connectivity index (χ1v) is 12.9. The zero-order chi connectivity index (χ0) is 25.8. The summed E-state index contributed by atoms with van der Waals surface area (Å²) in [5, 5.41) is 11.4. The van der Waals surface area contributed by atoms with E-state index in [9.17, 15) is 14.7 Å². The van der Waals surface area contributed by atoms with Gasteiger partial charge in [0.25, 0.3) is 11.7 Å². The highest BCUT2D eigenvalue weighted by molar-refractivity contribution is 6.46. The molecule has 0 aliphatic carbocycles. The maximum Gasteiger partial charge on any atom is 0.295 e. The molecule has 2 aromatic rings. The van der Waals surface area contributed by atoms with E-state index >= 15 is 0 Å². The van der Waals surface area contributed by atoms with Gasteiger partial charge < -0.3 is 24.4 Å². The Morgan fingerprint density at radius 2 is 1.69 bits per heavy atom. The number of ether oxygens (including phenoxy) is 2. The molecule has 0 spiro atoms. The molecule has 0 radical (unpaired) electrons. The highest BCUT2D eigenvalue weighted by Gasteiger charge is 2.45. The highest BCUT2D eigenvalue weighted by atomic mass is 16.6. The zero-order valence-corrected chi connectivity index (χ0v) is 21.6. The second-order valence-electron chi connectivity index (χ2n) is 9.55. The summed E-state index contributed by atoms with van der Waals surface area (Å²) in [6.45, 7) is 12.5. The van der Waals surface area contributed by atoms with Crippen molar-refractivity contribution in [2.45, 2.75) is 46.1 Å². The van der Waals surface area contributed by atoms with Crippen LogP contribution in [0.2, 0.25) is 0 Å². The van der Waals surface area contributed by atoms with E-state index < -0.39 is 17.7 Å². The molecule has 0 aromatic heterocycles. The molecule has 1 amide bonds. The van der Waals surface area contributed by atoms with Gasteiger partial charge in [-0.3, -0.25) is 9.59 Å². The molecular formula is C29H36N2O5. The minimum Gasteiger partial charge on any atom is -0.507 e. The standard InChI is InChI=1S/C29H36N2O5/c1-5-30(6-2)14-7-15-31-26(21-10-8-20(9-11-21)19(3)4)25(28(33)29(31)34)27(32)22-12-13-23-24(18-22)36-17-16-35-23/h8-13,18-19,26,32H,5-7,14-17H2,1-4H3/b27-25-. The summed E-state index contributed by atoms with van der Waals surface area (Å²) in [7, 11) is 0. The fourth-order valence-electron chi connectivity index (χ4n) is 4.87. The zero-order valence-electron chi connectivity index (χ0n) is 21.6. The maximum absolute atomic E-state index is 13.3. The van der Waals surface area contributed by atoms with Crippen LogP contribution in [0.1, 0.15) is 62.8 Å². The summed E-state index contributed by atoms with van der Waals surface area (Å²) < 4.78 is 11.2.